The van der Waals surface area contributed by atoms with Crippen LogP contribution in [0.4, 0.5) is 8.78 Å². The zero-order valence-electron chi connectivity index (χ0n) is 8.50. The van der Waals surface area contributed by atoms with E-state index in [1.54, 1.807) is 0 Å². The van der Waals surface area contributed by atoms with Gasteiger partial charge in [0.15, 0.2) is 0 Å². The highest BCUT2D eigenvalue weighted by Gasteiger charge is 2.30. The van der Waals surface area contributed by atoms with Gasteiger partial charge in [0.2, 0.25) is 0 Å². The minimum absolute atomic E-state index is 0.0452. The highest BCUT2D eigenvalue weighted by atomic mass is 19.1. The standard InChI is InChI=1S/C12H10F2O2/c13-10-2-1-3-11(14)12(10)7-4-8(15)6-9(16)5-7/h1-3,7H,4-6H2. The first-order chi connectivity index (χ1) is 7.58. The quantitative estimate of drug-likeness (QED) is 0.686. The minimum atomic E-state index is -0.687. The molecule has 0 heterocycles. The molecule has 0 bridgehead atoms. The molecule has 0 unspecified atom stereocenters. The van der Waals surface area contributed by atoms with Gasteiger partial charge in [-0.25, -0.2) is 8.78 Å². The molecule has 1 aromatic carbocycles. The van der Waals surface area contributed by atoms with Crippen LogP contribution >= 0.6 is 0 Å². The van der Waals surface area contributed by atoms with Gasteiger partial charge in [-0.15, -0.1) is 0 Å². The third-order valence-electron chi connectivity index (χ3n) is 2.75. The SMILES string of the molecule is O=C1CC(=O)CC(c2c(F)cccc2F)C1. The number of benzene rings is 1. The fourth-order valence-electron chi connectivity index (χ4n) is 2.09. The van der Waals surface area contributed by atoms with Crippen molar-refractivity contribution < 1.29 is 18.4 Å². The van der Waals surface area contributed by atoms with Crippen LogP contribution in [0, 0.1) is 11.6 Å². The van der Waals surface area contributed by atoms with E-state index < -0.39 is 17.6 Å². The van der Waals surface area contributed by atoms with Crippen molar-refractivity contribution in [2.75, 3.05) is 0 Å². The van der Waals surface area contributed by atoms with Gasteiger partial charge >= 0.3 is 0 Å². The molecule has 1 aromatic rings. The van der Waals surface area contributed by atoms with Crippen LogP contribution in [0.3, 0.4) is 0 Å². The first-order valence-electron chi connectivity index (χ1n) is 5.05. The van der Waals surface area contributed by atoms with Crippen LogP contribution in [-0.2, 0) is 9.59 Å². The molecule has 1 fully saturated rings. The summed E-state index contributed by atoms with van der Waals surface area (Å²) >= 11 is 0. The van der Waals surface area contributed by atoms with Crippen molar-refractivity contribution >= 4 is 11.6 Å². The lowest BCUT2D eigenvalue weighted by Gasteiger charge is -2.21. The van der Waals surface area contributed by atoms with Gasteiger partial charge in [0.1, 0.15) is 23.2 Å². The van der Waals surface area contributed by atoms with Crippen LogP contribution in [0.5, 0.6) is 0 Å². The Labute approximate surface area is 91.3 Å². The molecular formula is C12H10F2O2. The maximum Gasteiger partial charge on any atom is 0.140 e. The van der Waals surface area contributed by atoms with Gasteiger partial charge in [-0.1, -0.05) is 6.07 Å². The number of ketones is 2. The van der Waals surface area contributed by atoms with E-state index in [4.69, 9.17) is 0 Å². The first kappa shape index (κ1) is 10.9. The second kappa shape index (κ2) is 4.12. The summed E-state index contributed by atoms with van der Waals surface area (Å²) in [5, 5.41) is 0. The van der Waals surface area contributed by atoms with Crippen molar-refractivity contribution in [2.45, 2.75) is 25.2 Å². The van der Waals surface area contributed by atoms with E-state index in [2.05, 4.69) is 0 Å². The second-order valence-corrected chi connectivity index (χ2v) is 3.99. The summed E-state index contributed by atoms with van der Waals surface area (Å²) in [6.07, 6.45) is -0.0141. The number of carbonyl (C=O) groups excluding carboxylic acids is 2. The van der Waals surface area contributed by atoms with Crippen molar-refractivity contribution in [3.05, 3.63) is 35.4 Å². The van der Waals surface area contributed by atoms with E-state index in [-0.39, 0.29) is 36.4 Å². The molecule has 0 amide bonds. The molecular weight excluding hydrogens is 214 g/mol. The predicted octanol–water partition coefficient (Wildman–Crippen LogP) is 2.37. The molecule has 4 heteroatoms. The number of halogens is 2. The van der Waals surface area contributed by atoms with Crippen LogP contribution < -0.4 is 0 Å². The molecule has 1 aliphatic carbocycles. The summed E-state index contributed by atoms with van der Waals surface area (Å²) in [6, 6.07) is 3.55. The molecule has 2 nitrogen and oxygen atoms in total. The first-order valence-corrected chi connectivity index (χ1v) is 5.05. The Morgan fingerprint density at radius 2 is 1.50 bits per heavy atom. The van der Waals surface area contributed by atoms with Crippen molar-refractivity contribution in [2.24, 2.45) is 0 Å². The number of carbonyl (C=O) groups is 2. The Hall–Kier alpha value is -1.58. The van der Waals surface area contributed by atoms with Crippen LogP contribution in [0.15, 0.2) is 18.2 Å². The molecule has 0 N–H and O–H groups in total. The average molecular weight is 224 g/mol. The van der Waals surface area contributed by atoms with Crippen LogP contribution in [-0.4, -0.2) is 11.6 Å². The number of Topliss-reactive ketones (excluding diaryl/α,β-unsaturated/α-hetero) is 2. The van der Waals surface area contributed by atoms with E-state index in [0.29, 0.717) is 0 Å². The summed E-state index contributed by atoms with van der Waals surface area (Å²) in [7, 11) is 0. The van der Waals surface area contributed by atoms with E-state index in [1.807, 2.05) is 0 Å². The molecule has 0 saturated heterocycles. The van der Waals surface area contributed by atoms with E-state index in [1.165, 1.54) is 6.07 Å². The zero-order valence-corrected chi connectivity index (χ0v) is 8.50. The second-order valence-electron chi connectivity index (χ2n) is 3.99. The fraction of sp³-hybridized carbons (Fsp3) is 0.333. The molecule has 0 aromatic heterocycles. The lowest BCUT2D eigenvalue weighted by Crippen LogP contribution is -2.22. The van der Waals surface area contributed by atoms with Crippen molar-refractivity contribution in [1.29, 1.82) is 0 Å². The summed E-state index contributed by atoms with van der Waals surface area (Å²) < 4.78 is 26.9. The van der Waals surface area contributed by atoms with Crippen LogP contribution in [0.1, 0.15) is 30.7 Å². The predicted molar refractivity (Wildman–Crippen MR) is 53.0 cm³/mol. The molecule has 16 heavy (non-hydrogen) atoms. The topological polar surface area (TPSA) is 34.1 Å². The molecule has 0 spiro atoms. The summed E-state index contributed by atoms with van der Waals surface area (Å²) in [4.78, 5) is 22.4. The Kier molecular flexibility index (Phi) is 2.81. The largest absolute Gasteiger partial charge is 0.299 e. The van der Waals surface area contributed by atoms with E-state index in [9.17, 15) is 18.4 Å². The Morgan fingerprint density at radius 1 is 1.00 bits per heavy atom. The van der Waals surface area contributed by atoms with Gasteiger partial charge in [-0.3, -0.25) is 9.59 Å². The molecule has 84 valence electrons. The third kappa shape index (κ3) is 2.01. The summed E-state index contributed by atoms with van der Waals surface area (Å²) in [6.45, 7) is 0. The Bertz CT molecular complexity index is 418. The Balaban J connectivity index is 2.36. The van der Waals surface area contributed by atoms with E-state index in [0.717, 1.165) is 12.1 Å². The molecule has 2 rings (SSSR count). The fourth-order valence-corrected chi connectivity index (χ4v) is 2.09. The summed E-state index contributed by atoms with van der Waals surface area (Å²) in [5.41, 5.74) is -0.135. The molecule has 1 saturated carbocycles. The van der Waals surface area contributed by atoms with Crippen LogP contribution in [0.25, 0.3) is 0 Å². The third-order valence-corrected chi connectivity index (χ3v) is 2.75. The molecule has 1 aliphatic rings. The molecule has 0 atom stereocenters. The normalized spacial score (nSPS) is 17.9. The molecule has 0 aliphatic heterocycles. The lowest BCUT2D eigenvalue weighted by atomic mass is 9.82. The van der Waals surface area contributed by atoms with Crippen molar-refractivity contribution in [1.82, 2.24) is 0 Å². The van der Waals surface area contributed by atoms with Crippen molar-refractivity contribution in [3.8, 4) is 0 Å². The monoisotopic (exact) mass is 224 g/mol. The lowest BCUT2D eigenvalue weighted by molar-refractivity contribution is -0.130. The van der Waals surface area contributed by atoms with Gasteiger partial charge < -0.3 is 0 Å². The van der Waals surface area contributed by atoms with E-state index >= 15 is 0 Å². The minimum Gasteiger partial charge on any atom is -0.299 e. The average Bonchev–Trinajstić information content (AvgIpc) is 2.15. The smallest absolute Gasteiger partial charge is 0.140 e. The zero-order chi connectivity index (χ0) is 11.7. The highest BCUT2D eigenvalue weighted by Crippen LogP contribution is 2.32. The number of hydrogen-bond donors (Lipinski definition) is 0. The van der Waals surface area contributed by atoms with Crippen molar-refractivity contribution in [3.63, 3.8) is 0 Å². The maximum absolute atomic E-state index is 13.4. The Morgan fingerprint density at radius 3 is 2.00 bits per heavy atom. The van der Waals surface area contributed by atoms with Crippen LogP contribution in [0.2, 0.25) is 0 Å². The highest BCUT2D eigenvalue weighted by molar-refractivity contribution is 6.02. The van der Waals surface area contributed by atoms with Gasteiger partial charge in [-0.05, 0) is 12.1 Å². The van der Waals surface area contributed by atoms with Gasteiger partial charge in [-0.2, -0.15) is 0 Å². The molecule has 0 radical (unpaired) electrons. The van der Waals surface area contributed by atoms with Gasteiger partial charge in [0.25, 0.3) is 0 Å². The number of rotatable bonds is 1. The summed E-state index contributed by atoms with van der Waals surface area (Å²) in [5.74, 6) is -2.51. The van der Waals surface area contributed by atoms with Gasteiger partial charge in [0.05, 0.1) is 6.42 Å². The maximum atomic E-state index is 13.4. The van der Waals surface area contributed by atoms with Gasteiger partial charge in [0, 0.05) is 24.3 Å². The number of hydrogen-bond acceptors (Lipinski definition) is 2.